The van der Waals surface area contributed by atoms with Gasteiger partial charge in [0.2, 0.25) is 0 Å². The Labute approximate surface area is 122 Å². The Morgan fingerprint density at radius 2 is 1.90 bits per heavy atom. The molecule has 0 spiro atoms. The maximum Gasteiger partial charge on any atom is 0.108 e. The summed E-state index contributed by atoms with van der Waals surface area (Å²) in [5.74, 6) is 1.15. The predicted octanol–water partition coefficient (Wildman–Crippen LogP) is 3.67. The van der Waals surface area contributed by atoms with Crippen molar-refractivity contribution >= 4 is 0 Å². The van der Waals surface area contributed by atoms with Gasteiger partial charge < -0.3 is 9.88 Å². The second-order valence-corrected chi connectivity index (χ2v) is 5.29. The summed E-state index contributed by atoms with van der Waals surface area (Å²) in [7, 11) is 0. The highest BCUT2D eigenvalue weighted by molar-refractivity contribution is 5.25. The minimum Gasteiger partial charge on any atom is -0.330 e. The molecule has 0 radical (unpaired) electrons. The van der Waals surface area contributed by atoms with Gasteiger partial charge in [0.15, 0.2) is 0 Å². The van der Waals surface area contributed by atoms with Crippen LogP contribution in [0.25, 0.3) is 0 Å². The number of nitrogens with zero attached hydrogens (tertiary/aromatic N) is 2. The van der Waals surface area contributed by atoms with E-state index in [4.69, 9.17) is 0 Å². The number of aryl methyl sites for hydroxylation is 2. The summed E-state index contributed by atoms with van der Waals surface area (Å²) in [4.78, 5) is 4.44. The molecular formula is C17H25N3. The molecule has 108 valence electrons. The Bertz CT molecular complexity index is 527. The number of hydrogen-bond donors (Lipinski definition) is 1. The molecule has 1 aromatic heterocycles. The van der Waals surface area contributed by atoms with Crippen molar-refractivity contribution in [2.45, 2.75) is 46.2 Å². The van der Waals surface area contributed by atoms with Gasteiger partial charge in [0.25, 0.3) is 0 Å². The highest BCUT2D eigenvalue weighted by atomic mass is 15.1. The van der Waals surface area contributed by atoms with E-state index in [-0.39, 0.29) is 0 Å². The van der Waals surface area contributed by atoms with Crippen molar-refractivity contribution in [1.82, 2.24) is 14.9 Å². The maximum atomic E-state index is 4.44. The van der Waals surface area contributed by atoms with Crippen LogP contribution in [-0.4, -0.2) is 16.1 Å². The largest absolute Gasteiger partial charge is 0.330 e. The summed E-state index contributed by atoms with van der Waals surface area (Å²) in [5.41, 5.74) is 2.63. The van der Waals surface area contributed by atoms with Crippen molar-refractivity contribution in [3.63, 3.8) is 0 Å². The quantitative estimate of drug-likeness (QED) is 0.869. The first kappa shape index (κ1) is 14.8. The van der Waals surface area contributed by atoms with E-state index in [1.54, 1.807) is 0 Å². The minimum atomic E-state index is 0.306. The highest BCUT2D eigenvalue weighted by Gasteiger charge is 2.21. The summed E-state index contributed by atoms with van der Waals surface area (Å²) in [5, 5.41) is 3.61. The van der Waals surface area contributed by atoms with Crippen LogP contribution in [0.15, 0.2) is 36.7 Å². The number of imidazole rings is 1. The predicted molar refractivity (Wildman–Crippen MR) is 83.9 cm³/mol. The van der Waals surface area contributed by atoms with E-state index in [1.165, 1.54) is 11.1 Å². The van der Waals surface area contributed by atoms with Gasteiger partial charge in [-0.25, -0.2) is 4.98 Å². The van der Waals surface area contributed by atoms with Crippen molar-refractivity contribution in [3.8, 4) is 0 Å². The number of aromatic nitrogens is 2. The fraction of sp³-hybridized carbons (Fsp3) is 0.471. The topological polar surface area (TPSA) is 29.9 Å². The lowest BCUT2D eigenvalue weighted by Gasteiger charge is -2.27. The number of hydrogen-bond acceptors (Lipinski definition) is 2. The van der Waals surface area contributed by atoms with Crippen LogP contribution >= 0.6 is 0 Å². The lowest BCUT2D eigenvalue weighted by Crippen LogP contribution is -2.29. The molecular weight excluding hydrogens is 246 g/mol. The lowest BCUT2D eigenvalue weighted by atomic mass is 9.99. The maximum absolute atomic E-state index is 4.44. The third kappa shape index (κ3) is 3.10. The molecule has 1 N–H and O–H groups in total. The Morgan fingerprint density at radius 1 is 1.20 bits per heavy atom. The van der Waals surface area contributed by atoms with Crippen molar-refractivity contribution in [2.75, 3.05) is 6.54 Å². The zero-order valence-electron chi connectivity index (χ0n) is 12.9. The zero-order valence-corrected chi connectivity index (χ0v) is 12.9. The highest BCUT2D eigenvalue weighted by Crippen LogP contribution is 2.27. The summed E-state index contributed by atoms with van der Waals surface area (Å²) < 4.78 is 2.28. The molecule has 0 aliphatic carbocycles. The zero-order chi connectivity index (χ0) is 14.5. The van der Waals surface area contributed by atoms with Crippen molar-refractivity contribution in [2.24, 2.45) is 0 Å². The smallest absolute Gasteiger partial charge is 0.108 e. The second kappa shape index (κ2) is 6.71. The fourth-order valence-electron chi connectivity index (χ4n) is 2.71. The first-order valence-corrected chi connectivity index (χ1v) is 7.49. The fourth-order valence-corrected chi connectivity index (χ4v) is 2.71. The van der Waals surface area contributed by atoms with Gasteiger partial charge in [-0.15, -0.1) is 0 Å². The van der Waals surface area contributed by atoms with E-state index in [0.717, 1.165) is 18.8 Å². The summed E-state index contributed by atoms with van der Waals surface area (Å²) in [6, 6.07) is 9.46. The molecule has 0 saturated carbocycles. The normalized spacial score (nSPS) is 14.2. The molecule has 0 aliphatic heterocycles. The van der Waals surface area contributed by atoms with Crippen molar-refractivity contribution < 1.29 is 0 Å². The molecule has 0 fully saturated rings. The van der Waals surface area contributed by atoms with Gasteiger partial charge in [-0.3, -0.25) is 0 Å². The van der Waals surface area contributed by atoms with Gasteiger partial charge in [-0.05, 0) is 26.0 Å². The molecule has 2 atom stereocenters. The number of benzene rings is 1. The Balaban J connectivity index is 2.30. The standard InChI is InChI=1S/C17H25N3/c1-5-16-19-11-12-20(16)14(4)17(18-6-2)15-9-7-13(3)8-10-15/h7-12,14,17-18H,5-6H2,1-4H3. The van der Waals surface area contributed by atoms with Crippen LogP contribution in [-0.2, 0) is 6.42 Å². The van der Waals surface area contributed by atoms with Crippen molar-refractivity contribution in [3.05, 3.63) is 53.6 Å². The van der Waals surface area contributed by atoms with Gasteiger partial charge in [-0.1, -0.05) is 43.7 Å². The number of rotatable bonds is 6. The molecule has 1 aromatic carbocycles. The van der Waals surface area contributed by atoms with Gasteiger partial charge in [-0.2, -0.15) is 0 Å². The molecule has 3 heteroatoms. The van der Waals surface area contributed by atoms with E-state index in [0.29, 0.717) is 12.1 Å². The Morgan fingerprint density at radius 3 is 2.50 bits per heavy atom. The molecule has 1 heterocycles. The van der Waals surface area contributed by atoms with Crippen LogP contribution in [0.4, 0.5) is 0 Å². The van der Waals surface area contributed by atoms with E-state index >= 15 is 0 Å². The number of nitrogens with one attached hydrogen (secondary N) is 1. The minimum absolute atomic E-state index is 0.306. The first-order chi connectivity index (χ1) is 9.67. The van der Waals surface area contributed by atoms with Crippen LogP contribution < -0.4 is 5.32 Å². The average molecular weight is 271 g/mol. The molecule has 0 aliphatic rings. The molecule has 20 heavy (non-hydrogen) atoms. The third-order valence-electron chi connectivity index (χ3n) is 3.85. The molecule has 2 rings (SSSR count). The van der Waals surface area contributed by atoms with Crippen molar-refractivity contribution in [1.29, 1.82) is 0 Å². The third-order valence-corrected chi connectivity index (χ3v) is 3.85. The number of likely N-dealkylation sites (N-methyl/N-ethyl adjacent to an activating group) is 1. The molecule has 0 bridgehead atoms. The summed E-state index contributed by atoms with van der Waals surface area (Å²) in [6.07, 6.45) is 4.94. The van der Waals surface area contributed by atoms with E-state index < -0.39 is 0 Å². The van der Waals surface area contributed by atoms with E-state index in [9.17, 15) is 0 Å². The second-order valence-electron chi connectivity index (χ2n) is 5.29. The van der Waals surface area contributed by atoms with E-state index in [2.05, 4.69) is 73.0 Å². The molecule has 2 aromatic rings. The first-order valence-electron chi connectivity index (χ1n) is 7.49. The van der Waals surface area contributed by atoms with E-state index in [1.807, 2.05) is 6.20 Å². The lowest BCUT2D eigenvalue weighted by molar-refractivity contribution is 0.377. The average Bonchev–Trinajstić information content (AvgIpc) is 2.93. The summed E-state index contributed by atoms with van der Waals surface area (Å²) >= 11 is 0. The molecule has 3 nitrogen and oxygen atoms in total. The molecule has 0 saturated heterocycles. The summed E-state index contributed by atoms with van der Waals surface area (Å²) in [6.45, 7) is 9.65. The van der Waals surface area contributed by atoms with Crippen LogP contribution in [0.1, 0.15) is 49.8 Å². The van der Waals surface area contributed by atoms with Crippen LogP contribution in [0.2, 0.25) is 0 Å². The van der Waals surface area contributed by atoms with Crippen LogP contribution in [0.3, 0.4) is 0 Å². The van der Waals surface area contributed by atoms with Gasteiger partial charge in [0.1, 0.15) is 5.82 Å². The van der Waals surface area contributed by atoms with Gasteiger partial charge >= 0.3 is 0 Å². The van der Waals surface area contributed by atoms with Crippen LogP contribution in [0, 0.1) is 6.92 Å². The monoisotopic (exact) mass is 271 g/mol. The van der Waals surface area contributed by atoms with Crippen LogP contribution in [0.5, 0.6) is 0 Å². The van der Waals surface area contributed by atoms with Gasteiger partial charge in [0.05, 0.1) is 12.1 Å². The Kier molecular flexibility index (Phi) is 4.96. The Hall–Kier alpha value is -1.61. The van der Waals surface area contributed by atoms with Gasteiger partial charge in [0, 0.05) is 18.8 Å². The molecule has 0 amide bonds. The molecule has 2 unspecified atom stereocenters. The SMILES string of the molecule is CCNC(c1ccc(C)cc1)C(C)n1ccnc1CC.